The molecule has 3 nitrogen and oxygen atoms in total. The van der Waals surface area contributed by atoms with E-state index in [2.05, 4.69) is 34.5 Å². The third kappa shape index (κ3) is 2.91. The molecule has 0 bridgehead atoms. The number of carbonyl (C=O) groups excluding carboxylic acids is 1. The van der Waals surface area contributed by atoms with Crippen LogP contribution in [0.5, 0.6) is 0 Å². The van der Waals surface area contributed by atoms with Crippen molar-refractivity contribution in [1.82, 2.24) is 10.2 Å². The molecule has 2 fully saturated rings. The van der Waals surface area contributed by atoms with Crippen molar-refractivity contribution < 1.29 is 4.79 Å². The number of benzene rings is 1. The van der Waals surface area contributed by atoms with Crippen LogP contribution >= 0.6 is 0 Å². The normalized spacial score (nSPS) is 24.1. The Balaban J connectivity index is 1.50. The van der Waals surface area contributed by atoms with E-state index in [1.165, 1.54) is 18.4 Å². The summed E-state index contributed by atoms with van der Waals surface area (Å²) >= 11 is 0. The van der Waals surface area contributed by atoms with Crippen LogP contribution in [0.1, 0.15) is 24.8 Å². The Morgan fingerprint density at radius 1 is 1.22 bits per heavy atom. The minimum absolute atomic E-state index is 0.203. The van der Waals surface area contributed by atoms with Gasteiger partial charge < -0.3 is 5.32 Å². The predicted octanol–water partition coefficient (Wildman–Crippen LogP) is 1.79. The zero-order valence-electron chi connectivity index (χ0n) is 10.6. The van der Waals surface area contributed by atoms with Crippen LogP contribution in [0.15, 0.2) is 30.3 Å². The Hall–Kier alpha value is -1.35. The van der Waals surface area contributed by atoms with Crippen molar-refractivity contribution in [2.75, 3.05) is 13.1 Å². The zero-order chi connectivity index (χ0) is 12.4. The monoisotopic (exact) mass is 244 g/mol. The zero-order valence-corrected chi connectivity index (χ0v) is 10.6. The predicted molar refractivity (Wildman–Crippen MR) is 71.0 cm³/mol. The van der Waals surface area contributed by atoms with E-state index in [9.17, 15) is 4.79 Å². The first-order chi connectivity index (χ1) is 8.81. The number of hydrogen-bond acceptors (Lipinski definition) is 2. The molecule has 1 atom stereocenters. The first-order valence-electron chi connectivity index (χ1n) is 6.88. The van der Waals surface area contributed by atoms with Gasteiger partial charge in [0.05, 0.1) is 5.92 Å². The summed E-state index contributed by atoms with van der Waals surface area (Å²) in [5, 5.41) is 3.11. The quantitative estimate of drug-likeness (QED) is 0.875. The fourth-order valence-corrected chi connectivity index (χ4v) is 2.58. The van der Waals surface area contributed by atoms with Gasteiger partial charge in [-0.05, 0) is 31.4 Å². The highest BCUT2D eigenvalue weighted by molar-refractivity contribution is 5.79. The maximum Gasteiger partial charge on any atom is 0.224 e. The Bertz CT molecular complexity index is 414. The van der Waals surface area contributed by atoms with E-state index in [0.717, 1.165) is 26.1 Å². The van der Waals surface area contributed by atoms with E-state index >= 15 is 0 Å². The SMILES string of the molecule is O=C(NC1CC1)C1CCN(Cc2ccccc2)C1. The summed E-state index contributed by atoms with van der Waals surface area (Å²) in [5.74, 6) is 0.474. The van der Waals surface area contributed by atoms with E-state index in [1.807, 2.05) is 6.07 Å². The van der Waals surface area contributed by atoms with E-state index in [0.29, 0.717) is 6.04 Å². The summed E-state index contributed by atoms with van der Waals surface area (Å²) in [6, 6.07) is 11.0. The minimum Gasteiger partial charge on any atom is -0.353 e. The third-order valence-corrected chi connectivity index (χ3v) is 3.82. The lowest BCUT2D eigenvalue weighted by atomic mass is 10.1. The average Bonchev–Trinajstić information content (AvgIpc) is 3.07. The van der Waals surface area contributed by atoms with Crippen LogP contribution in [0, 0.1) is 5.92 Å². The van der Waals surface area contributed by atoms with Crippen LogP contribution < -0.4 is 5.32 Å². The van der Waals surface area contributed by atoms with Gasteiger partial charge >= 0.3 is 0 Å². The van der Waals surface area contributed by atoms with Crippen molar-refractivity contribution in [1.29, 1.82) is 0 Å². The molecule has 1 heterocycles. The summed E-state index contributed by atoms with van der Waals surface area (Å²) in [6.45, 7) is 2.92. The molecule has 3 rings (SSSR count). The largest absolute Gasteiger partial charge is 0.353 e. The van der Waals surface area contributed by atoms with Crippen LogP contribution in [0.4, 0.5) is 0 Å². The summed E-state index contributed by atoms with van der Waals surface area (Å²) in [6.07, 6.45) is 3.35. The lowest BCUT2D eigenvalue weighted by molar-refractivity contribution is -0.124. The van der Waals surface area contributed by atoms with Gasteiger partial charge in [0.15, 0.2) is 0 Å². The Kier molecular flexibility index (Phi) is 3.33. The number of hydrogen-bond donors (Lipinski definition) is 1. The van der Waals surface area contributed by atoms with Crippen molar-refractivity contribution in [2.45, 2.75) is 31.8 Å². The van der Waals surface area contributed by atoms with E-state index in [1.54, 1.807) is 0 Å². The second kappa shape index (κ2) is 5.11. The van der Waals surface area contributed by atoms with Crippen molar-refractivity contribution in [3.63, 3.8) is 0 Å². The number of rotatable bonds is 4. The molecule has 0 spiro atoms. The molecule has 1 amide bonds. The number of nitrogens with one attached hydrogen (secondary N) is 1. The summed E-state index contributed by atoms with van der Waals surface area (Å²) in [7, 11) is 0. The highest BCUT2D eigenvalue weighted by atomic mass is 16.2. The van der Waals surface area contributed by atoms with Gasteiger partial charge in [-0.1, -0.05) is 30.3 Å². The highest BCUT2D eigenvalue weighted by Gasteiger charge is 2.31. The number of likely N-dealkylation sites (tertiary alicyclic amines) is 1. The number of nitrogens with zero attached hydrogens (tertiary/aromatic N) is 1. The first kappa shape index (κ1) is 11.7. The molecule has 3 heteroatoms. The lowest BCUT2D eigenvalue weighted by Crippen LogP contribution is -2.34. The molecule has 0 aromatic heterocycles. The van der Waals surface area contributed by atoms with Crippen LogP contribution in [0.2, 0.25) is 0 Å². The molecule has 1 aromatic carbocycles. The van der Waals surface area contributed by atoms with Gasteiger partial charge in [0.25, 0.3) is 0 Å². The molecule has 0 radical (unpaired) electrons. The van der Waals surface area contributed by atoms with Crippen LogP contribution in [-0.2, 0) is 11.3 Å². The van der Waals surface area contributed by atoms with Gasteiger partial charge in [-0.2, -0.15) is 0 Å². The van der Waals surface area contributed by atoms with Gasteiger partial charge in [-0.25, -0.2) is 0 Å². The fourth-order valence-electron chi connectivity index (χ4n) is 2.58. The maximum atomic E-state index is 12.0. The first-order valence-corrected chi connectivity index (χ1v) is 6.88. The van der Waals surface area contributed by atoms with Crippen LogP contribution in [0.3, 0.4) is 0 Å². The van der Waals surface area contributed by atoms with Gasteiger partial charge in [0, 0.05) is 19.1 Å². The summed E-state index contributed by atoms with van der Waals surface area (Å²) in [5.41, 5.74) is 1.33. The van der Waals surface area contributed by atoms with Gasteiger partial charge in [-0.3, -0.25) is 9.69 Å². The van der Waals surface area contributed by atoms with Crippen molar-refractivity contribution >= 4 is 5.91 Å². The molecule has 1 saturated carbocycles. The number of amides is 1. The molecule has 1 aliphatic heterocycles. The molecule has 1 saturated heterocycles. The van der Waals surface area contributed by atoms with Crippen LogP contribution in [-0.4, -0.2) is 29.9 Å². The average molecular weight is 244 g/mol. The molecule has 2 aliphatic rings. The van der Waals surface area contributed by atoms with Crippen molar-refractivity contribution in [3.8, 4) is 0 Å². The molecular weight excluding hydrogens is 224 g/mol. The highest BCUT2D eigenvalue weighted by Crippen LogP contribution is 2.23. The van der Waals surface area contributed by atoms with E-state index < -0.39 is 0 Å². The van der Waals surface area contributed by atoms with Gasteiger partial charge in [-0.15, -0.1) is 0 Å². The molecule has 1 aromatic rings. The fraction of sp³-hybridized carbons (Fsp3) is 0.533. The maximum absolute atomic E-state index is 12.0. The molecular formula is C15H20N2O. The van der Waals surface area contributed by atoms with Gasteiger partial charge in [0.2, 0.25) is 5.91 Å². The third-order valence-electron chi connectivity index (χ3n) is 3.82. The molecule has 1 unspecified atom stereocenters. The number of carbonyl (C=O) groups is 1. The summed E-state index contributed by atoms with van der Waals surface area (Å²) < 4.78 is 0. The smallest absolute Gasteiger partial charge is 0.224 e. The Morgan fingerprint density at radius 3 is 2.72 bits per heavy atom. The lowest BCUT2D eigenvalue weighted by Gasteiger charge is -2.16. The van der Waals surface area contributed by atoms with Crippen LogP contribution in [0.25, 0.3) is 0 Å². The Labute approximate surface area is 108 Å². The van der Waals surface area contributed by atoms with E-state index in [-0.39, 0.29) is 11.8 Å². The standard InChI is InChI=1S/C15H20N2O/c18-15(16-14-6-7-14)13-8-9-17(11-13)10-12-4-2-1-3-5-12/h1-5,13-14H,6-11H2,(H,16,18). The topological polar surface area (TPSA) is 32.3 Å². The van der Waals surface area contributed by atoms with Gasteiger partial charge in [0.1, 0.15) is 0 Å². The Morgan fingerprint density at radius 2 is 2.00 bits per heavy atom. The summed E-state index contributed by atoms with van der Waals surface area (Å²) in [4.78, 5) is 14.3. The second-order valence-corrected chi connectivity index (χ2v) is 5.49. The second-order valence-electron chi connectivity index (χ2n) is 5.49. The molecule has 96 valence electrons. The minimum atomic E-state index is 0.203. The van der Waals surface area contributed by atoms with Crippen molar-refractivity contribution in [3.05, 3.63) is 35.9 Å². The molecule has 1 aliphatic carbocycles. The van der Waals surface area contributed by atoms with E-state index in [4.69, 9.17) is 0 Å². The molecule has 18 heavy (non-hydrogen) atoms. The molecule has 1 N–H and O–H groups in total. The van der Waals surface area contributed by atoms with Crippen molar-refractivity contribution in [2.24, 2.45) is 5.92 Å².